The van der Waals surface area contributed by atoms with Gasteiger partial charge in [0.1, 0.15) is 0 Å². The highest BCUT2D eigenvalue weighted by molar-refractivity contribution is 5.91. The zero-order valence-electron chi connectivity index (χ0n) is 12.8. The Bertz CT molecular complexity index is 770. The fraction of sp³-hybridized carbons (Fsp3) is 0.176. The molecule has 1 amide bonds. The van der Waals surface area contributed by atoms with Crippen LogP contribution in [0.25, 0.3) is 0 Å². The average molecular weight is 307 g/mol. The Morgan fingerprint density at radius 2 is 1.91 bits per heavy atom. The summed E-state index contributed by atoms with van der Waals surface area (Å²) in [6, 6.07) is 13.7. The number of nitrogens with zero attached hydrogens (tertiary/aromatic N) is 4. The number of carbonyl (C=O) groups excluding carboxylic acids is 1. The van der Waals surface area contributed by atoms with Crippen molar-refractivity contribution < 1.29 is 4.79 Å². The molecule has 2 heterocycles. The molecular formula is C17H17N5O. The second-order valence-corrected chi connectivity index (χ2v) is 5.21. The van der Waals surface area contributed by atoms with Crippen LogP contribution in [0.2, 0.25) is 0 Å². The van der Waals surface area contributed by atoms with Gasteiger partial charge in [-0.25, -0.2) is 4.68 Å². The standard InChI is InChI=1S/C17H17N5O/c1-13(15-5-3-2-4-6-15)22-12-16(20-21-22)17(23)19-11-14-7-9-18-10-8-14/h2-10,12-13H,11H2,1H3,(H,19,23). The first-order chi connectivity index (χ1) is 11.2. The minimum Gasteiger partial charge on any atom is -0.347 e. The zero-order valence-corrected chi connectivity index (χ0v) is 12.8. The van der Waals surface area contributed by atoms with E-state index in [2.05, 4.69) is 20.6 Å². The van der Waals surface area contributed by atoms with Crippen LogP contribution in [0.15, 0.2) is 61.1 Å². The molecule has 1 unspecified atom stereocenters. The first kappa shape index (κ1) is 14.9. The lowest BCUT2D eigenvalue weighted by Gasteiger charge is -2.10. The molecule has 0 spiro atoms. The van der Waals surface area contributed by atoms with Gasteiger partial charge in [0.05, 0.1) is 12.2 Å². The van der Waals surface area contributed by atoms with Gasteiger partial charge in [-0.15, -0.1) is 5.10 Å². The van der Waals surface area contributed by atoms with Gasteiger partial charge >= 0.3 is 0 Å². The van der Waals surface area contributed by atoms with Gasteiger partial charge < -0.3 is 5.32 Å². The molecule has 2 aromatic heterocycles. The minimum absolute atomic E-state index is 0.0189. The normalized spacial score (nSPS) is 11.9. The third kappa shape index (κ3) is 3.60. The van der Waals surface area contributed by atoms with E-state index >= 15 is 0 Å². The van der Waals surface area contributed by atoms with E-state index in [0.717, 1.165) is 11.1 Å². The van der Waals surface area contributed by atoms with E-state index in [9.17, 15) is 4.79 Å². The number of aromatic nitrogens is 4. The molecule has 6 heteroatoms. The first-order valence-corrected chi connectivity index (χ1v) is 7.38. The van der Waals surface area contributed by atoms with Gasteiger partial charge in [-0.1, -0.05) is 35.5 Å². The Labute approximate surface area is 134 Å². The maximum absolute atomic E-state index is 12.1. The molecule has 0 radical (unpaired) electrons. The molecule has 0 saturated carbocycles. The Hall–Kier alpha value is -3.02. The van der Waals surface area contributed by atoms with Crippen LogP contribution < -0.4 is 5.32 Å². The maximum Gasteiger partial charge on any atom is 0.273 e. The van der Waals surface area contributed by atoms with E-state index in [-0.39, 0.29) is 11.9 Å². The molecule has 23 heavy (non-hydrogen) atoms. The second kappa shape index (κ2) is 6.83. The van der Waals surface area contributed by atoms with Crippen molar-refractivity contribution in [2.45, 2.75) is 19.5 Å². The third-order valence-electron chi connectivity index (χ3n) is 3.62. The summed E-state index contributed by atoms with van der Waals surface area (Å²) in [4.78, 5) is 16.1. The fourth-order valence-corrected chi connectivity index (χ4v) is 2.23. The van der Waals surface area contributed by atoms with Gasteiger partial charge in [0, 0.05) is 18.9 Å². The molecule has 0 saturated heterocycles. The van der Waals surface area contributed by atoms with Gasteiger partial charge in [-0.05, 0) is 30.2 Å². The highest BCUT2D eigenvalue weighted by Crippen LogP contribution is 2.16. The Morgan fingerprint density at radius 3 is 2.65 bits per heavy atom. The summed E-state index contributed by atoms with van der Waals surface area (Å²) in [5.41, 5.74) is 2.40. The van der Waals surface area contributed by atoms with Crippen molar-refractivity contribution in [1.82, 2.24) is 25.3 Å². The number of rotatable bonds is 5. The van der Waals surface area contributed by atoms with Crippen molar-refractivity contribution in [2.24, 2.45) is 0 Å². The molecule has 3 aromatic rings. The monoisotopic (exact) mass is 307 g/mol. The molecular weight excluding hydrogens is 290 g/mol. The first-order valence-electron chi connectivity index (χ1n) is 7.38. The predicted octanol–water partition coefficient (Wildman–Crippen LogP) is 2.21. The summed E-state index contributed by atoms with van der Waals surface area (Å²) in [5.74, 6) is -0.242. The van der Waals surface area contributed by atoms with Gasteiger partial charge in [0.2, 0.25) is 0 Å². The summed E-state index contributed by atoms with van der Waals surface area (Å²) >= 11 is 0. The number of hydrogen-bond acceptors (Lipinski definition) is 4. The lowest BCUT2D eigenvalue weighted by Crippen LogP contribution is -2.23. The highest BCUT2D eigenvalue weighted by atomic mass is 16.2. The Kier molecular flexibility index (Phi) is 4.42. The lowest BCUT2D eigenvalue weighted by atomic mass is 10.1. The molecule has 1 atom stereocenters. The second-order valence-electron chi connectivity index (χ2n) is 5.21. The van der Waals surface area contributed by atoms with Crippen molar-refractivity contribution in [1.29, 1.82) is 0 Å². The van der Waals surface area contributed by atoms with Crippen LogP contribution in [0.1, 0.15) is 34.6 Å². The largest absolute Gasteiger partial charge is 0.347 e. The van der Waals surface area contributed by atoms with Crippen LogP contribution >= 0.6 is 0 Å². The van der Waals surface area contributed by atoms with Gasteiger partial charge in [-0.2, -0.15) is 0 Å². The van der Waals surface area contributed by atoms with Crippen molar-refractivity contribution in [3.8, 4) is 0 Å². The topological polar surface area (TPSA) is 72.7 Å². The lowest BCUT2D eigenvalue weighted by molar-refractivity contribution is 0.0946. The summed E-state index contributed by atoms with van der Waals surface area (Å²) in [6.45, 7) is 2.45. The van der Waals surface area contributed by atoms with E-state index in [1.807, 2.05) is 49.4 Å². The van der Waals surface area contributed by atoms with Crippen LogP contribution in [0.4, 0.5) is 0 Å². The molecule has 0 aliphatic carbocycles. The smallest absolute Gasteiger partial charge is 0.273 e. The van der Waals surface area contributed by atoms with Crippen molar-refractivity contribution in [3.05, 3.63) is 77.9 Å². The number of hydrogen-bond donors (Lipinski definition) is 1. The number of nitrogens with one attached hydrogen (secondary N) is 1. The molecule has 0 fully saturated rings. The van der Waals surface area contributed by atoms with E-state index in [1.165, 1.54) is 0 Å². The van der Waals surface area contributed by atoms with Gasteiger partial charge in [-0.3, -0.25) is 9.78 Å². The highest BCUT2D eigenvalue weighted by Gasteiger charge is 2.14. The molecule has 116 valence electrons. The van der Waals surface area contributed by atoms with Gasteiger partial charge in [0.15, 0.2) is 5.69 Å². The number of carbonyl (C=O) groups is 1. The van der Waals surface area contributed by atoms with E-state index in [0.29, 0.717) is 12.2 Å². The SMILES string of the molecule is CC(c1ccccc1)n1cc(C(=O)NCc2ccncc2)nn1. The van der Waals surface area contributed by atoms with Crippen LogP contribution in [-0.2, 0) is 6.54 Å². The van der Waals surface area contributed by atoms with E-state index < -0.39 is 0 Å². The van der Waals surface area contributed by atoms with E-state index in [4.69, 9.17) is 0 Å². The van der Waals surface area contributed by atoms with Crippen molar-refractivity contribution >= 4 is 5.91 Å². The summed E-state index contributed by atoms with van der Waals surface area (Å²) in [7, 11) is 0. The van der Waals surface area contributed by atoms with Crippen LogP contribution in [0.3, 0.4) is 0 Å². The van der Waals surface area contributed by atoms with Crippen LogP contribution in [-0.4, -0.2) is 25.9 Å². The van der Waals surface area contributed by atoms with Gasteiger partial charge in [0.25, 0.3) is 5.91 Å². The predicted molar refractivity (Wildman–Crippen MR) is 85.7 cm³/mol. The summed E-state index contributed by atoms with van der Waals surface area (Å²) in [5, 5.41) is 10.9. The van der Waals surface area contributed by atoms with Crippen LogP contribution in [0.5, 0.6) is 0 Å². The molecule has 0 aliphatic heterocycles. The zero-order chi connectivity index (χ0) is 16.1. The molecule has 1 aromatic carbocycles. The maximum atomic E-state index is 12.1. The number of amides is 1. The molecule has 0 bridgehead atoms. The van der Waals surface area contributed by atoms with E-state index in [1.54, 1.807) is 23.3 Å². The average Bonchev–Trinajstić information content (AvgIpc) is 3.11. The van der Waals surface area contributed by atoms with Crippen molar-refractivity contribution in [2.75, 3.05) is 0 Å². The quantitative estimate of drug-likeness (QED) is 0.784. The molecule has 1 N–H and O–H groups in total. The Balaban J connectivity index is 1.65. The fourth-order valence-electron chi connectivity index (χ4n) is 2.23. The molecule has 3 rings (SSSR count). The Morgan fingerprint density at radius 1 is 1.17 bits per heavy atom. The number of pyridine rings is 1. The number of benzene rings is 1. The molecule has 0 aliphatic rings. The molecule has 6 nitrogen and oxygen atoms in total. The summed E-state index contributed by atoms with van der Waals surface area (Å²) < 4.78 is 1.69. The van der Waals surface area contributed by atoms with Crippen molar-refractivity contribution in [3.63, 3.8) is 0 Å². The minimum atomic E-state index is -0.242. The summed E-state index contributed by atoms with van der Waals surface area (Å²) in [6.07, 6.45) is 5.05. The van der Waals surface area contributed by atoms with Crippen LogP contribution in [0, 0.1) is 0 Å². The third-order valence-corrected chi connectivity index (χ3v) is 3.62.